The number of para-hydroxylation sites is 2. The predicted molar refractivity (Wildman–Crippen MR) is 147 cm³/mol. The van der Waals surface area contributed by atoms with Gasteiger partial charge in [0.1, 0.15) is 11.5 Å². The Hall–Kier alpha value is -5.24. The van der Waals surface area contributed by atoms with Gasteiger partial charge in [0.05, 0.1) is 47.2 Å². The summed E-state index contributed by atoms with van der Waals surface area (Å²) < 4.78 is 21.8. The number of aromatic nitrogens is 2. The van der Waals surface area contributed by atoms with Crippen molar-refractivity contribution in [1.29, 1.82) is 0 Å². The lowest BCUT2D eigenvalue weighted by atomic mass is 10.0. The van der Waals surface area contributed by atoms with Crippen LogP contribution in [0.5, 0.6) is 11.5 Å². The van der Waals surface area contributed by atoms with Crippen molar-refractivity contribution in [2.75, 3.05) is 14.2 Å². The minimum atomic E-state index is -0.491. The second kappa shape index (κ2) is 9.90. The third-order valence-corrected chi connectivity index (χ3v) is 6.47. The third kappa shape index (κ3) is 4.53. The fraction of sp³-hybridized carbons (Fsp3) is 0.0968. The normalized spacial score (nSPS) is 11.1. The maximum Gasteiger partial charge on any atom is 0.347 e. The first-order valence-corrected chi connectivity index (χ1v) is 12.2. The quantitative estimate of drug-likeness (QED) is 0.279. The van der Waals surface area contributed by atoms with E-state index in [0.29, 0.717) is 50.9 Å². The standard InChI is InChI=1S/C31H22N2O6/c1-36-26-9-5-3-7-20(26)28-32-24-13-11-18(16-22(24)30(34)38-28)15-19-12-14-25-23(17-19)31(35)39-29(33-25)21-8-4-6-10-27(21)37-2/h3-14,16-17H,15H2,1-2H3. The molecule has 0 aliphatic carbocycles. The molecule has 8 nitrogen and oxygen atoms in total. The third-order valence-electron chi connectivity index (χ3n) is 6.47. The molecule has 6 aromatic rings. The molecule has 0 saturated carbocycles. The molecule has 0 bridgehead atoms. The SMILES string of the molecule is COc1ccccc1-c1nc2ccc(Cc3ccc4nc(-c5ccccc5OC)oc(=O)c4c3)cc2c(=O)o1. The van der Waals surface area contributed by atoms with Crippen LogP contribution in [0.3, 0.4) is 0 Å². The van der Waals surface area contributed by atoms with Crippen LogP contribution in [-0.4, -0.2) is 24.2 Å². The van der Waals surface area contributed by atoms with Gasteiger partial charge in [-0.3, -0.25) is 0 Å². The number of benzene rings is 4. The summed E-state index contributed by atoms with van der Waals surface area (Å²) in [4.78, 5) is 34.8. The van der Waals surface area contributed by atoms with Crippen molar-refractivity contribution >= 4 is 21.8 Å². The van der Waals surface area contributed by atoms with E-state index in [1.807, 2.05) is 36.4 Å². The monoisotopic (exact) mass is 518 g/mol. The Bertz CT molecular complexity index is 1830. The van der Waals surface area contributed by atoms with Crippen LogP contribution in [0.15, 0.2) is 103 Å². The predicted octanol–water partition coefficient (Wildman–Crippen LogP) is 5.63. The van der Waals surface area contributed by atoms with Crippen molar-refractivity contribution in [3.8, 4) is 34.4 Å². The molecular formula is C31H22N2O6. The maximum atomic E-state index is 12.9. The minimum absolute atomic E-state index is 0.193. The highest BCUT2D eigenvalue weighted by Crippen LogP contribution is 2.30. The highest BCUT2D eigenvalue weighted by molar-refractivity contribution is 5.81. The van der Waals surface area contributed by atoms with Crippen LogP contribution in [0, 0.1) is 0 Å². The van der Waals surface area contributed by atoms with Gasteiger partial charge in [0.15, 0.2) is 0 Å². The molecule has 0 fully saturated rings. The van der Waals surface area contributed by atoms with Crippen molar-refractivity contribution < 1.29 is 18.3 Å². The average molecular weight is 519 g/mol. The molecule has 0 spiro atoms. The fourth-order valence-corrected chi connectivity index (χ4v) is 4.57. The molecule has 192 valence electrons. The van der Waals surface area contributed by atoms with E-state index in [9.17, 15) is 9.59 Å². The molecule has 0 saturated heterocycles. The van der Waals surface area contributed by atoms with Crippen molar-refractivity contribution in [3.05, 3.63) is 117 Å². The summed E-state index contributed by atoms with van der Waals surface area (Å²) in [5.74, 6) is 1.52. The van der Waals surface area contributed by atoms with Crippen LogP contribution in [0.4, 0.5) is 0 Å². The zero-order valence-corrected chi connectivity index (χ0v) is 21.1. The zero-order valence-electron chi connectivity index (χ0n) is 21.1. The van der Waals surface area contributed by atoms with E-state index in [-0.39, 0.29) is 11.8 Å². The van der Waals surface area contributed by atoms with Gasteiger partial charge in [-0.25, -0.2) is 19.6 Å². The Morgan fingerprint density at radius 1 is 0.615 bits per heavy atom. The summed E-state index contributed by atoms with van der Waals surface area (Å²) >= 11 is 0. The first-order chi connectivity index (χ1) is 19.0. The van der Waals surface area contributed by atoms with Crippen molar-refractivity contribution in [2.45, 2.75) is 6.42 Å². The van der Waals surface area contributed by atoms with E-state index >= 15 is 0 Å². The largest absolute Gasteiger partial charge is 0.496 e. The Balaban J connectivity index is 1.33. The summed E-state index contributed by atoms with van der Waals surface area (Å²) in [7, 11) is 3.10. The second-order valence-corrected chi connectivity index (χ2v) is 8.89. The summed E-state index contributed by atoms with van der Waals surface area (Å²) in [6, 6.07) is 25.3. The number of methoxy groups -OCH3 is 2. The molecule has 0 aliphatic heterocycles. The minimum Gasteiger partial charge on any atom is -0.496 e. The summed E-state index contributed by atoms with van der Waals surface area (Å²) in [6.45, 7) is 0. The lowest BCUT2D eigenvalue weighted by molar-refractivity contribution is 0.413. The molecule has 2 heterocycles. The van der Waals surface area contributed by atoms with Crippen LogP contribution in [0.25, 0.3) is 44.7 Å². The lowest BCUT2D eigenvalue weighted by Gasteiger charge is -2.09. The smallest absolute Gasteiger partial charge is 0.347 e. The number of fused-ring (bicyclic) bond motifs is 2. The molecule has 6 rings (SSSR count). The first kappa shape index (κ1) is 24.1. The van der Waals surface area contributed by atoms with E-state index in [1.54, 1.807) is 62.8 Å². The fourth-order valence-electron chi connectivity index (χ4n) is 4.57. The molecule has 8 heteroatoms. The Morgan fingerprint density at radius 2 is 1.05 bits per heavy atom. The number of hydrogen-bond acceptors (Lipinski definition) is 8. The molecule has 0 radical (unpaired) electrons. The molecule has 4 aromatic carbocycles. The second-order valence-electron chi connectivity index (χ2n) is 8.89. The van der Waals surface area contributed by atoms with E-state index < -0.39 is 11.3 Å². The average Bonchev–Trinajstić information content (AvgIpc) is 2.97. The maximum absolute atomic E-state index is 12.9. The molecule has 0 unspecified atom stereocenters. The van der Waals surface area contributed by atoms with E-state index in [0.717, 1.165) is 11.1 Å². The Morgan fingerprint density at radius 3 is 1.49 bits per heavy atom. The molecule has 0 N–H and O–H groups in total. The first-order valence-electron chi connectivity index (χ1n) is 12.2. The van der Waals surface area contributed by atoms with Gasteiger partial charge in [0.2, 0.25) is 11.8 Å². The topological polar surface area (TPSA) is 105 Å². The van der Waals surface area contributed by atoms with Crippen LogP contribution in [0.1, 0.15) is 11.1 Å². The van der Waals surface area contributed by atoms with E-state index in [1.165, 1.54) is 0 Å². The zero-order chi connectivity index (χ0) is 26.9. The van der Waals surface area contributed by atoms with Gasteiger partial charge in [-0.1, -0.05) is 36.4 Å². The molecular weight excluding hydrogens is 496 g/mol. The van der Waals surface area contributed by atoms with Gasteiger partial charge in [-0.05, 0) is 66.1 Å². The van der Waals surface area contributed by atoms with Gasteiger partial charge in [-0.15, -0.1) is 0 Å². The summed E-state index contributed by atoms with van der Waals surface area (Å²) in [5, 5.41) is 0.740. The van der Waals surface area contributed by atoms with Crippen LogP contribution >= 0.6 is 0 Å². The number of hydrogen-bond donors (Lipinski definition) is 0. The highest BCUT2D eigenvalue weighted by atomic mass is 16.5. The number of rotatable bonds is 6. The summed E-state index contributed by atoms with van der Waals surface area (Å²) in [5.41, 5.74) is 2.98. The number of nitrogens with zero attached hydrogens (tertiary/aromatic N) is 2. The van der Waals surface area contributed by atoms with Gasteiger partial charge in [0, 0.05) is 0 Å². The van der Waals surface area contributed by atoms with Gasteiger partial charge >= 0.3 is 11.3 Å². The lowest BCUT2D eigenvalue weighted by Crippen LogP contribution is -2.05. The van der Waals surface area contributed by atoms with Gasteiger partial charge in [-0.2, -0.15) is 0 Å². The molecule has 0 amide bonds. The molecule has 0 aliphatic rings. The Kier molecular flexibility index (Phi) is 6.13. The van der Waals surface area contributed by atoms with Crippen molar-refractivity contribution in [2.24, 2.45) is 0 Å². The molecule has 39 heavy (non-hydrogen) atoms. The molecule has 0 atom stereocenters. The Labute approximate surface area is 222 Å². The van der Waals surface area contributed by atoms with E-state index in [4.69, 9.17) is 18.3 Å². The van der Waals surface area contributed by atoms with E-state index in [2.05, 4.69) is 9.97 Å². The highest BCUT2D eigenvalue weighted by Gasteiger charge is 2.15. The number of ether oxygens (including phenoxy) is 2. The van der Waals surface area contributed by atoms with Crippen molar-refractivity contribution in [1.82, 2.24) is 9.97 Å². The van der Waals surface area contributed by atoms with Crippen molar-refractivity contribution in [3.63, 3.8) is 0 Å². The van der Waals surface area contributed by atoms with Crippen LogP contribution in [0.2, 0.25) is 0 Å². The molecule has 2 aromatic heterocycles. The van der Waals surface area contributed by atoms with Crippen LogP contribution < -0.4 is 20.7 Å². The summed E-state index contributed by atoms with van der Waals surface area (Å²) in [6.07, 6.45) is 0.479. The van der Waals surface area contributed by atoms with Gasteiger partial charge < -0.3 is 18.3 Å². The van der Waals surface area contributed by atoms with Gasteiger partial charge in [0.25, 0.3) is 0 Å². The van der Waals surface area contributed by atoms with Crippen LogP contribution in [-0.2, 0) is 6.42 Å².